The van der Waals surface area contributed by atoms with Crippen molar-refractivity contribution in [2.75, 3.05) is 19.6 Å². The molecule has 0 bridgehead atoms. The van der Waals surface area contributed by atoms with Crippen LogP contribution < -0.4 is 10.1 Å². The van der Waals surface area contributed by atoms with E-state index in [1.54, 1.807) is 0 Å². The molecule has 1 fully saturated rings. The zero-order valence-corrected chi connectivity index (χ0v) is 20.0. The first-order valence-electron chi connectivity index (χ1n) is 12.7. The molecule has 2 heterocycles. The zero-order valence-electron chi connectivity index (χ0n) is 20.0. The topological polar surface area (TPSA) is 58.6 Å². The van der Waals surface area contributed by atoms with Crippen molar-refractivity contribution in [1.29, 1.82) is 0 Å². The van der Waals surface area contributed by atoms with Gasteiger partial charge < -0.3 is 15.0 Å². The number of amides is 2. The minimum absolute atomic E-state index is 0.00140. The SMILES string of the molecule is O=C1CCCN1CCCNC(=O)C1(CCCc2ccccc2)c2ccccc2Oc2ccccc21. The Labute approximate surface area is 207 Å². The van der Waals surface area contributed by atoms with Crippen LogP contribution in [0.2, 0.25) is 0 Å². The fourth-order valence-corrected chi connectivity index (χ4v) is 5.47. The molecule has 5 heteroatoms. The fraction of sp³-hybridized carbons (Fsp3) is 0.333. The van der Waals surface area contributed by atoms with Crippen LogP contribution in [0.5, 0.6) is 11.5 Å². The molecule has 0 spiro atoms. The van der Waals surface area contributed by atoms with Gasteiger partial charge in [-0.15, -0.1) is 0 Å². The summed E-state index contributed by atoms with van der Waals surface area (Å²) in [6, 6.07) is 26.2. The highest BCUT2D eigenvalue weighted by atomic mass is 16.5. The number of benzene rings is 3. The Hall–Kier alpha value is -3.60. The van der Waals surface area contributed by atoms with Gasteiger partial charge in [-0.2, -0.15) is 0 Å². The highest BCUT2D eigenvalue weighted by Gasteiger charge is 2.47. The normalized spacial score (nSPS) is 15.8. The average molecular weight is 469 g/mol. The Balaban J connectivity index is 1.41. The lowest BCUT2D eigenvalue weighted by Gasteiger charge is -2.39. The van der Waals surface area contributed by atoms with Crippen LogP contribution in [0.15, 0.2) is 78.9 Å². The largest absolute Gasteiger partial charge is 0.457 e. The molecule has 0 saturated carbocycles. The second-order valence-electron chi connectivity index (χ2n) is 9.43. The van der Waals surface area contributed by atoms with E-state index in [4.69, 9.17) is 4.74 Å². The first-order valence-corrected chi connectivity index (χ1v) is 12.7. The maximum Gasteiger partial charge on any atom is 0.235 e. The van der Waals surface area contributed by atoms with Crippen molar-refractivity contribution in [3.05, 3.63) is 95.6 Å². The van der Waals surface area contributed by atoms with Crippen LogP contribution in [-0.2, 0) is 21.4 Å². The van der Waals surface area contributed by atoms with Crippen molar-refractivity contribution in [2.24, 2.45) is 0 Å². The first kappa shape index (κ1) is 23.2. The van der Waals surface area contributed by atoms with Gasteiger partial charge in [0.15, 0.2) is 0 Å². The zero-order chi connectivity index (χ0) is 24.1. The van der Waals surface area contributed by atoms with Gasteiger partial charge in [0.1, 0.15) is 16.9 Å². The molecule has 1 N–H and O–H groups in total. The van der Waals surface area contributed by atoms with Gasteiger partial charge in [-0.05, 0) is 49.8 Å². The average Bonchev–Trinajstić information content (AvgIpc) is 3.31. The number of nitrogens with zero attached hydrogens (tertiary/aromatic N) is 1. The van der Waals surface area contributed by atoms with Crippen molar-refractivity contribution in [1.82, 2.24) is 10.2 Å². The van der Waals surface area contributed by atoms with Crippen LogP contribution in [0.25, 0.3) is 0 Å². The van der Waals surface area contributed by atoms with Crippen molar-refractivity contribution >= 4 is 11.8 Å². The van der Waals surface area contributed by atoms with Gasteiger partial charge in [0.2, 0.25) is 11.8 Å². The summed E-state index contributed by atoms with van der Waals surface area (Å²) in [4.78, 5) is 27.9. The van der Waals surface area contributed by atoms with E-state index in [2.05, 4.69) is 29.6 Å². The molecule has 0 aliphatic carbocycles. The molecule has 5 rings (SSSR count). The summed E-state index contributed by atoms with van der Waals surface area (Å²) in [6.07, 6.45) is 4.77. The Morgan fingerprint density at radius 2 is 1.54 bits per heavy atom. The van der Waals surface area contributed by atoms with E-state index in [1.165, 1.54) is 5.56 Å². The quantitative estimate of drug-likeness (QED) is 0.438. The number of aryl methyl sites for hydroxylation is 1. The predicted molar refractivity (Wildman–Crippen MR) is 137 cm³/mol. The Morgan fingerprint density at radius 1 is 0.886 bits per heavy atom. The molecule has 180 valence electrons. The first-order chi connectivity index (χ1) is 17.2. The lowest BCUT2D eigenvalue weighted by Crippen LogP contribution is -2.47. The highest BCUT2D eigenvalue weighted by Crippen LogP contribution is 2.50. The Morgan fingerprint density at radius 3 is 2.20 bits per heavy atom. The number of carbonyl (C=O) groups excluding carboxylic acids is 2. The number of likely N-dealkylation sites (tertiary alicyclic amines) is 1. The van der Waals surface area contributed by atoms with E-state index < -0.39 is 5.41 Å². The molecule has 5 nitrogen and oxygen atoms in total. The Kier molecular flexibility index (Phi) is 6.84. The number of carbonyl (C=O) groups is 2. The van der Waals surface area contributed by atoms with Crippen LogP contribution in [-0.4, -0.2) is 36.3 Å². The predicted octanol–water partition coefficient (Wildman–Crippen LogP) is 5.23. The lowest BCUT2D eigenvalue weighted by molar-refractivity contribution is -0.127. The van der Waals surface area contributed by atoms with Gasteiger partial charge >= 0.3 is 0 Å². The molecule has 1 saturated heterocycles. The third kappa shape index (κ3) is 4.68. The van der Waals surface area contributed by atoms with Crippen molar-refractivity contribution in [3.8, 4) is 11.5 Å². The molecule has 2 amide bonds. The number of hydrogen-bond acceptors (Lipinski definition) is 3. The Bertz CT molecular complexity index is 1150. The molecule has 0 radical (unpaired) electrons. The van der Waals surface area contributed by atoms with Crippen LogP contribution in [0.1, 0.15) is 48.8 Å². The van der Waals surface area contributed by atoms with Crippen LogP contribution >= 0.6 is 0 Å². The number of para-hydroxylation sites is 2. The number of fused-ring (bicyclic) bond motifs is 2. The smallest absolute Gasteiger partial charge is 0.235 e. The van der Waals surface area contributed by atoms with Gasteiger partial charge in [-0.1, -0.05) is 66.7 Å². The van der Waals surface area contributed by atoms with E-state index in [9.17, 15) is 9.59 Å². The third-order valence-corrected chi connectivity index (χ3v) is 7.22. The molecular weight excluding hydrogens is 436 g/mol. The van der Waals surface area contributed by atoms with Crippen LogP contribution in [0, 0.1) is 0 Å². The van der Waals surface area contributed by atoms with Crippen LogP contribution in [0.4, 0.5) is 0 Å². The van der Waals surface area contributed by atoms with Crippen LogP contribution in [0.3, 0.4) is 0 Å². The van der Waals surface area contributed by atoms with Gasteiger partial charge in [-0.3, -0.25) is 9.59 Å². The van der Waals surface area contributed by atoms with Crippen molar-refractivity contribution in [2.45, 2.75) is 43.9 Å². The summed E-state index contributed by atoms with van der Waals surface area (Å²) < 4.78 is 6.23. The molecule has 0 atom stereocenters. The molecule has 3 aromatic rings. The van der Waals surface area contributed by atoms with Gasteiger partial charge in [0.25, 0.3) is 0 Å². The summed E-state index contributed by atoms with van der Waals surface area (Å²) in [7, 11) is 0. The minimum Gasteiger partial charge on any atom is -0.457 e. The third-order valence-electron chi connectivity index (χ3n) is 7.22. The summed E-state index contributed by atoms with van der Waals surface area (Å²) in [6.45, 7) is 2.05. The summed E-state index contributed by atoms with van der Waals surface area (Å²) in [5.41, 5.74) is 2.27. The molecular formula is C30H32N2O3. The van der Waals surface area contributed by atoms with Gasteiger partial charge in [0.05, 0.1) is 0 Å². The summed E-state index contributed by atoms with van der Waals surface area (Å²) >= 11 is 0. The second kappa shape index (κ2) is 10.3. The molecule has 2 aliphatic heterocycles. The van der Waals surface area contributed by atoms with E-state index in [0.717, 1.165) is 54.9 Å². The molecule has 0 unspecified atom stereocenters. The molecule has 3 aromatic carbocycles. The molecule has 0 aromatic heterocycles. The number of hydrogen-bond donors (Lipinski definition) is 1. The fourth-order valence-electron chi connectivity index (χ4n) is 5.47. The molecule has 2 aliphatic rings. The highest BCUT2D eigenvalue weighted by molar-refractivity contribution is 5.94. The standard InChI is InChI=1S/C30H32N2O3/c33-28-18-9-21-32(28)22-10-20-31-29(34)30(19-8-13-23-11-2-1-3-12-23)24-14-4-6-16-26(24)35-27-17-7-5-15-25(27)30/h1-7,11-12,14-17H,8-10,13,18-22H2,(H,31,34). The maximum absolute atomic E-state index is 14.1. The van der Waals surface area contributed by atoms with E-state index in [0.29, 0.717) is 25.9 Å². The maximum atomic E-state index is 14.1. The number of nitrogens with one attached hydrogen (secondary N) is 1. The summed E-state index contributed by atoms with van der Waals surface area (Å²) in [5, 5.41) is 3.23. The minimum atomic E-state index is -0.830. The van der Waals surface area contributed by atoms with Crippen molar-refractivity contribution < 1.29 is 14.3 Å². The number of rotatable bonds is 9. The van der Waals surface area contributed by atoms with E-state index in [1.807, 2.05) is 59.5 Å². The van der Waals surface area contributed by atoms with Crippen molar-refractivity contribution in [3.63, 3.8) is 0 Å². The van der Waals surface area contributed by atoms with E-state index >= 15 is 0 Å². The monoisotopic (exact) mass is 468 g/mol. The molecule has 35 heavy (non-hydrogen) atoms. The van der Waals surface area contributed by atoms with Gasteiger partial charge in [0, 0.05) is 37.2 Å². The number of ether oxygens (including phenoxy) is 1. The lowest BCUT2D eigenvalue weighted by atomic mass is 9.68. The summed E-state index contributed by atoms with van der Waals surface area (Å²) in [5.74, 6) is 1.70. The van der Waals surface area contributed by atoms with Gasteiger partial charge in [-0.25, -0.2) is 0 Å². The second-order valence-corrected chi connectivity index (χ2v) is 9.43. The van der Waals surface area contributed by atoms with E-state index in [-0.39, 0.29) is 11.8 Å².